The van der Waals surface area contributed by atoms with Gasteiger partial charge in [0.15, 0.2) is 5.69 Å². The van der Waals surface area contributed by atoms with E-state index in [1.165, 1.54) is 22.5 Å². The molecule has 246 valence electrons. The number of anilines is 2. The van der Waals surface area contributed by atoms with Crippen LogP contribution in [0.5, 0.6) is 5.75 Å². The highest BCUT2D eigenvalue weighted by Gasteiger charge is 2.39. The van der Waals surface area contributed by atoms with E-state index in [2.05, 4.69) is 9.97 Å². The largest absolute Gasteiger partial charge is 0.491 e. The van der Waals surface area contributed by atoms with Crippen LogP contribution in [0, 0.1) is 18.3 Å². The lowest BCUT2D eigenvalue weighted by Crippen LogP contribution is -2.45. The minimum absolute atomic E-state index is 0.0505. The average molecular weight is 670 g/mol. The quantitative estimate of drug-likeness (QED) is 0.277. The summed E-state index contributed by atoms with van der Waals surface area (Å²) in [7, 11) is 5.31. The van der Waals surface area contributed by atoms with Crippen molar-refractivity contribution in [1.82, 2.24) is 19.4 Å². The van der Waals surface area contributed by atoms with Crippen molar-refractivity contribution in [3.8, 4) is 22.9 Å². The SMILES string of the molecule is Cc1nc2cc(C(F)(F)F)c(N3CCN(C)CC3)c(C#N)c2c(=O)n1CCOc1ccc(Cl)cc1-c1cc(C(=O)O)nc(N(C)C)c1. The number of piperazine rings is 1. The Morgan fingerprint density at radius 1 is 1.13 bits per heavy atom. The van der Waals surface area contributed by atoms with Crippen LogP contribution in [0.1, 0.15) is 27.4 Å². The van der Waals surface area contributed by atoms with Crippen LogP contribution in [0.25, 0.3) is 22.0 Å². The number of ether oxygens (including phenoxy) is 1. The number of carboxylic acids is 1. The summed E-state index contributed by atoms with van der Waals surface area (Å²) >= 11 is 6.29. The van der Waals surface area contributed by atoms with Gasteiger partial charge in [0.05, 0.1) is 34.3 Å². The summed E-state index contributed by atoms with van der Waals surface area (Å²) < 4.78 is 50.3. The number of hydrogen-bond acceptors (Lipinski definition) is 9. The summed E-state index contributed by atoms with van der Waals surface area (Å²) in [5, 5.41) is 20.0. The summed E-state index contributed by atoms with van der Waals surface area (Å²) in [5.41, 5.74) is -1.78. The summed E-state index contributed by atoms with van der Waals surface area (Å²) in [6.45, 7) is 2.87. The topological polar surface area (TPSA) is 128 Å². The molecule has 11 nitrogen and oxygen atoms in total. The predicted octanol–water partition coefficient (Wildman–Crippen LogP) is 4.91. The molecule has 0 atom stereocenters. The van der Waals surface area contributed by atoms with E-state index < -0.39 is 23.3 Å². The number of pyridine rings is 1. The monoisotopic (exact) mass is 669 g/mol. The van der Waals surface area contributed by atoms with Crippen LogP contribution in [0.15, 0.2) is 41.2 Å². The number of fused-ring (bicyclic) bond motifs is 1. The summed E-state index contributed by atoms with van der Waals surface area (Å²) in [6, 6.07) is 10.6. The zero-order valence-electron chi connectivity index (χ0n) is 26.0. The molecule has 2 aromatic carbocycles. The van der Waals surface area contributed by atoms with E-state index in [0.717, 1.165) is 6.07 Å². The lowest BCUT2D eigenvalue weighted by Gasteiger charge is -2.36. The molecule has 3 heterocycles. The molecule has 4 aromatic rings. The Bertz CT molecular complexity index is 1970. The smallest absolute Gasteiger partial charge is 0.418 e. The van der Waals surface area contributed by atoms with Gasteiger partial charge in [-0.25, -0.2) is 14.8 Å². The lowest BCUT2D eigenvalue weighted by atomic mass is 10.00. The standard InChI is InChI=1S/C32H31ClF3N7O4/c1-18-38-24-16-23(32(34,35)36)29(42-9-7-41(4)8-10-42)22(17-37)28(24)30(44)43(18)11-12-47-26-6-5-20(33)15-21(26)19-13-25(31(45)46)39-27(14-19)40(2)3/h5-6,13-16H,7-12H2,1-4H3,(H,45,46). The van der Waals surface area contributed by atoms with Crippen LogP contribution < -0.4 is 20.1 Å². The van der Waals surface area contributed by atoms with E-state index in [1.54, 1.807) is 43.3 Å². The Morgan fingerprint density at radius 2 is 1.83 bits per heavy atom. The molecule has 2 aromatic heterocycles. The zero-order valence-corrected chi connectivity index (χ0v) is 26.8. The highest BCUT2D eigenvalue weighted by molar-refractivity contribution is 6.31. The fourth-order valence-corrected chi connectivity index (χ4v) is 5.71. The maximum Gasteiger partial charge on any atom is 0.418 e. The van der Waals surface area contributed by atoms with Gasteiger partial charge in [-0.15, -0.1) is 0 Å². The molecule has 1 N–H and O–H groups in total. The maximum atomic E-state index is 14.3. The van der Waals surface area contributed by atoms with Gasteiger partial charge in [0.25, 0.3) is 5.56 Å². The second-order valence-electron chi connectivity index (χ2n) is 11.3. The Morgan fingerprint density at radius 3 is 2.45 bits per heavy atom. The van der Waals surface area contributed by atoms with E-state index in [4.69, 9.17) is 16.3 Å². The Hall–Kier alpha value is -4.87. The van der Waals surface area contributed by atoms with Crippen LogP contribution in [0.4, 0.5) is 24.7 Å². The summed E-state index contributed by atoms with van der Waals surface area (Å²) in [4.78, 5) is 39.3. The van der Waals surface area contributed by atoms with Gasteiger partial charge in [0.1, 0.15) is 30.1 Å². The number of rotatable bonds is 8. The van der Waals surface area contributed by atoms with Crippen molar-refractivity contribution in [3.05, 3.63) is 74.4 Å². The predicted molar refractivity (Wildman–Crippen MR) is 172 cm³/mol. The first-order valence-electron chi connectivity index (χ1n) is 14.5. The van der Waals surface area contributed by atoms with Gasteiger partial charge in [-0.3, -0.25) is 9.36 Å². The van der Waals surface area contributed by atoms with E-state index in [9.17, 15) is 33.1 Å². The molecule has 0 amide bonds. The number of aromatic carboxylic acids is 1. The third-order valence-electron chi connectivity index (χ3n) is 7.96. The highest BCUT2D eigenvalue weighted by Crippen LogP contribution is 2.41. The van der Waals surface area contributed by atoms with Gasteiger partial charge in [0.2, 0.25) is 0 Å². The molecule has 0 spiro atoms. The molecular weight excluding hydrogens is 639 g/mol. The molecule has 0 radical (unpaired) electrons. The Kier molecular flexibility index (Phi) is 9.33. The number of nitrogens with zero attached hydrogens (tertiary/aromatic N) is 7. The van der Waals surface area contributed by atoms with Crippen molar-refractivity contribution in [2.24, 2.45) is 0 Å². The van der Waals surface area contributed by atoms with Gasteiger partial charge in [-0.1, -0.05) is 11.6 Å². The second kappa shape index (κ2) is 13.1. The number of benzene rings is 2. The van der Waals surface area contributed by atoms with E-state index >= 15 is 0 Å². The van der Waals surface area contributed by atoms with Crippen molar-refractivity contribution in [2.75, 3.05) is 63.7 Å². The maximum absolute atomic E-state index is 14.3. The Labute approximate surface area is 273 Å². The van der Waals surface area contributed by atoms with Crippen molar-refractivity contribution in [2.45, 2.75) is 19.6 Å². The molecule has 15 heteroatoms. The number of aromatic nitrogens is 3. The number of nitriles is 1. The van der Waals surface area contributed by atoms with Gasteiger partial charge < -0.3 is 24.5 Å². The van der Waals surface area contributed by atoms with Crippen molar-refractivity contribution in [1.29, 1.82) is 5.26 Å². The fourth-order valence-electron chi connectivity index (χ4n) is 5.54. The Balaban J connectivity index is 1.53. The first kappa shape index (κ1) is 33.5. The third kappa shape index (κ3) is 6.81. The molecule has 5 rings (SSSR count). The molecule has 0 aliphatic carbocycles. The molecule has 0 bridgehead atoms. The van der Waals surface area contributed by atoms with Crippen LogP contribution in [0.2, 0.25) is 5.02 Å². The van der Waals surface area contributed by atoms with Crippen molar-refractivity contribution in [3.63, 3.8) is 0 Å². The number of carboxylic acid groups (broad SMARTS) is 1. The summed E-state index contributed by atoms with van der Waals surface area (Å²) in [5.74, 6) is -0.338. The van der Waals surface area contributed by atoms with Crippen LogP contribution in [-0.4, -0.2) is 84.4 Å². The number of likely N-dealkylation sites (N-methyl/N-ethyl adjacent to an activating group) is 1. The minimum Gasteiger partial charge on any atom is -0.491 e. The second-order valence-corrected chi connectivity index (χ2v) is 11.8. The summed E-state index contributed by atoms with van der Waals surface area (Å²) in [6.07, 6.45) is -4.78. The average Bonchev–Trinajstić information content (AvgIpc) is 3.02. The molecule has 1 aliphatic rings. The first-order valence-corrected chi connectivity index (χ1v) is 14.9. The van der Waals surface area contributed by atoms with Gasteiger partial charge in [0, 0.05) is 50.9 Å². The van der Waals surface area contributed by atoms with Crippen molar-refractivity contribution < 1.29 is 27.8 Å². The van der Waals surface area contributed by atoms with Crippen LogP contribution in [0.3, 0.4) is 0 Å². The molecule has 0 saturated carbocycles. The number of halogens is 4. The number of aryl methyl sites for hydroxylation is 1. The van der Waals surface area contributed by atoms with E-state index in [0.29, 0.717) is 40.8 Å². The van der Waals surface area contributed by atoms with Crippen LogP contribution >= 0.6 is 11.6 Å². The molecule has 1 saturated heterocycles. The normalized spacial score (nSPS) is 13.9. The van der Waals surface area contributed by atoms with Gasteiger partial charge in [-0.2, -0.15) is 18.4 Å². The van der Waals surface area contributed by atoms with Crippen molar-refractivity contribution >= 4 is 40.0 Å². The molecule has 47 heavy (non-hydrogen) atoms. The van der Waals surface area contributed by atoms with Gasteiger partial charge >= 0.3 is 12.1 Å². The third-order valence-corrected chi connectivity index (χ3v) is 8.20. The van der Waals surface area contributed by atoms with E-state index in [1.807, 2.05) is 18.0 Å². The van der Waals surface area contributed by atoms with Gasteiger partial charge in [-0.05, 0) is 55.9 Å². The highest BCUT2D eigenvalue weighted by atomic mass is 35.5. The number of carbonyl (C=O) groups is 1. The number of alkyl halides is 3. The molecule has 0 unspecified atom stereocenters. The van der Waals surface area contributed by atoms with Crippen LogP contribution in [-0.2, 0) is 12.7 Å². The molecule has 1 fully saturated rings. The zero-order chi connectivity index (χ0) is 34.2. The minimum atomic E-state index is -4.78. The fraction of sp³-hybridized carbons (Fsp3) is 0.344. The lowest BCUT2D eigenvalue weighted by molar-refractivity contribution is -0.137. The first-order chi connectivity index (χ1) is 22.2. The van der Waals surface area contributed by atoms with E-state index in [-0.39, 0.29) is 59.9 Å². The number of hydrogen-bond donors (Lipinski definition) is 1. The molecule has 1 aliphatic heterocycles. The molecular formula is C32H31ClF3N7O4.